The van der Waals surface area contributed by atoms with Crippen molar-refractivity contribution >= 4 is 21.9 Å². The molecule has 23 heavy (non-hydrogen) atoms. The number of carboxylic acid groups (broad SMARTS) is 1. The lowest BCUT2D eigenvalue weighted by Crippen LogP contribution is -2.42. The van der Waals surface area contributed by atoms with Gasteiger partial charge in [0.25, 0.3) is 10.1 Å². The molecule has 132 valence electrons. The minimum atomic E-state index is -4.08. The van der Waals surface area contributed by atoms with Crippen LogP contribution in [0.15, 0.2) is 0 Å². The summed E-state index contributed by atoms with van der Waals surface area (Å²) in [6, 6.07) is -0.269. The molecular formula is C15H25NO6S. The van der Waals surface area contributed by atoms with E-state index in [1.165, 1.54) is 0 Å². The van der Waals surface area contributed by atoms with E-state index in [2.05, 4.69) is 5.32 Å². The molecule has 1 aliphatic heterocycles. The third-order valence-corrected chi connectivity index (χ3v) is 6.78. The average Bonchev–Trinajstić information content (AvgIpc) is 3.04. The van der Waals surface area contributed by atoms with E-state index in [-0.39, 0.29) is 23.2 Å². The van der Waals surface area contributed by atoms with Crippen molar-refractivity contribution in [1.82, 2.24) is 5.32 Å². The highest BCUT2D eigenvalue weighted by Crippen LogP contribution is 2.64. The van der Waals surface area contributed by atoms with Crippen molar-refractivity contribution in [3.05, 3.63) is 0 Å². The maximum atomic E-state index is 11.9. The van der Waals surface area contributed by atoms with Crippen LogP contribution < -0.4 is 5.32 Å². The molecule has 1 heterocycles. The number of rotatable bonds is 3. The summed E-state index contributed by atoms with van der Waals surface area (Å²) in [5.41, 5.74) is -1.12. The molecule has 3 fully saturated rings. The summed E-state index contributed by atoms with van der Waals surface area (Å²) in [5, 5.41) is 11.2. The highest BCUT2D eigenvalue weighted by Gasteiger charge is 2.65. The molecule has 2 aliphatic carbocycles. The Morgan fingerprint density at radius 1 is 1.35 bits per heavy atom. The first-order chi connectivity index (χ1) is 10.5. The summed E-state index contributed by atoms with van der Waals surface area (Å²) in [6.07, 6.45) is 3.76. The van der Waals surface area contributed by atoms with Crippen LogP contribution in [-0.2, 0) is 19.7 Å². The Morgan fingerprint density at radius 3 is 2.30 bits per heavy atom. The molecule has 2 bridgehead atoms. The van der Waals surface area contributed by atoms with Crippen LogP contribution in [0.4, 0.5) is 0 Å². The summed E-state index contributed by atoms with van der Waals surface area (Å²) < 4.78 is 31.0. The van der Waals surface area contributed by atoms with Gasteiger partial charge in [-0.25, -0.2) is 0 Å². The largest absolute Gasteiger partial charge is 0.480 e. The quantitative estimate of drug-likeness (QED) is 0.653. The fourth-order valence-corrected chi connectivity index (χ4v) is 5.61. The molecule has 3 N–H and O–H groups in total. The van der Waals surface area contributed by atoms with Crippen molar-refractivity contribution in [3.63, 3.8) is 0 Å². The monoisotopic (exact) mass is 347 g/mol. The van der Waals surface area contributed by atoms with Gasteiger partial charge in [-0.3, -0.25) is 14.1 Å². The van der Waals surface area contributed by atoms with Gasteiger partial charge in [0.15, 0.2) is 0 Å². The standard InChI is InChI=1S/C10H16O4S.C5H9NO2/c1-9(2)7-3-4-10(9,8(11)5-7)6-15(12,13)14;7-5(8)4-2-1-3-6-4/h7H,3-6H2,1-2H3,(H,12,13,14);4,6H,1-3H2,(H,7,8). The minimum Gasteiger partial charge on any atom is -0.480 e. The SMILES string of the molecule is CC1(C)C2CCC1(CS(=O)(=O)O)C(=O)C2.O=C(O)C1CCCN1. The third kappa shape index (κ3) is 3.44. The summed E-state index contributed by atoms with van der Waals surface area (Å²) in [7, 11) is -4.08. The van der Waals surface area contributed by atoms with E-state index in [4.69, 9.17) is 9.66 Å². The number of carboxylic acids is 1. The van der Waals surface area contributed by atoms with Crippen LogP contribution in [0.25, 0.3) is 0 Å². The number of carbonyl (C=O) groups is 2. The summed E-state index contributed by atoms with van der Waals surface area (Å²) >= 11 is 0. The van der Waals surface area contributed by atoms with Crippen molar-refractivity contribution in [2.75, 3.05) is 12.3 Å². The summed E-state index contributed by atoms with van der Waals surface area (Å²) in [6.45, 7) is 4.75. The lowest BCUT2D eigenvalue weighted by Gasteiger charge is -2.35. The number of ketones is 1. The highest BCUT2D eigenvalue weighted by atomic mass is 32.2. The second kappa shape index (κ2) is 6.14. The Kier molecular flexibility index (Phi) is 4.90. The van der Waals surface area contributed by atoms with E-state index < -0.39 is 27.3 Å². The molecule has 0 spiro atoms. The van der Waals surface area contributed by atoms with Crippen LogP contribution in [0.5, 0.6) is 0 Å². The zero-order valence-corrected chi connectivity index (χ0v) is 14.4. The Labute approximate surface area is 136 Å². The van der Waals surface area contributed by atoms with Crippen LogP contribution >= 0.6 is 0 Å². The van der Waals surface area contributed by atoms with E-state index in [1.54, 1.807) is 0 Å². The predicted octanol–water partition coefficient (Wildman–Crippen LogP) is 1.09. The highest BCUT2D eigenvalue weighted by molar-refractivity contribution is 7.85. The van der Waals surface area contributed by atoms with E-state index in [9.17, 15) is 18.0 Å². The van der Waals surface area contributed by atoms with Crippen molar-refractivity contribution in [3.8, 4) is 0 Å². The van der Waals surface area contributed by atoms with Crippen LogP contribution in [0.2, 0.25) is 0 Å². The van der Waals surface area contributed by atoms with E-state index >= 15 is 0 Å². The first-order valence-corrected chi connectivity index (χ1v) is 9.55. The fourth-order valence-electron chi connectivity index (χ4n) is 4.31. The van der Waals surface area contributed by atoms with E-state index in [0.717, 1.165) is 25.8 Å². The average molecular weight is 347 g/mol. The maximum Gasteiger partial charge on any atom is 0.320 e. The molecule has 3 unspecified atom stereocenters. The smallest absolute Gasteiger partial charge is 0.320 e. The molecule has 0 aromatic heterocycles. The Bertz CT molecular complexity index is 593. The van der Waals surface area contributed by atoms with E-state index in [1.807, 2.05) is 13.8 Å². The fraction of sp³-hybridized carbons (Fsp3) is 0.867. The minimum absolute atomic E-state index is 0.0152. The first kappa shape index (κ1) is 18.4. The van der Waals surface area contributed by atoms with Gasteiger partial charge in [-0.1, -0.05) is 13.8 Å². The first-order valence-electron chi connectivity index (χ1n) is 7.94. The molecule has 3 rings (SSSR count). The van der Waals surface area contributed by atoms with Gasteiger partial charge in [0.1, 0.15) is 11.8 Å². The van der Waals surface area contributed by atoms with Crippen molar-refractivity contribution in [2.24, 2.45) is 16.7 Å². The number of carbonyl (C=O) groups excluding carboxylic acids is 1. The van der Waals surface area contributed by atoms with E-state index in [0.29, 0.717) is 12.8 Å². The van der Waals surface area contributed by atoms with Crippen LogP contribution in [0, 0.1) is 16.7 Å². The molecular weight excluding hydrogens is 322 g/mol. The van der Waals surface area contributed by atoms with Crippen molar-refractivity contribution in [1.29, 1.82) is 0 Å². The number of hydrogen-bond acceptors (Lipinski definition) is 5. The van der Waals surface area contributed by atoms with Gasteiger partial charge >= 0.3 is 5.97 Å². The van der Waals surface area contributed by atoms with Gasteiger partial charge in [0.05, 0.1) is 11.2 Å². The van der Waals surface area contributed by atoms with Crippen molar-refractivity contribution < 1.29 is 27.7 Å². The van der Waals surface area contributed by atoms with Crippen LogP contribution in [0.3, 0.4) is 0 Å². The zero-order valence-electron chi connectivity index (χ0n) is 13.5. The van der Waals surface area contributed by atoms with Crippen molar-refractivity contribution in [2.45, 2.75) is 52.0 Å². The molecule has 8 heteroatoms. The number of nitrogens with one attached hydrogen (secondary N) is 1. The number of fused-ring (bicyclic) bond motifs is 2. The Morgan fingerprint density at radius 2 is 2.00 bits per heavy atom. The topological polar surface area (TPSA) is 121 Å². The lowest BCUT2D eigenvalue weighted by molar-refractivity contribution is -0.139. The normalized spacial score (nSPS) is 35.0. The Hall–Kier alpha value is -0.990. The van der Waals surface area contributed by atoms with Gasteiger partial charge < -0.3 is 10.4 Å². The van der Waals surface area contributed by atoms with Gasteiger partial charge in [0, 0.05) is 6.42 Å². The van der Waals surface area contributed by atoms with Gasteiger partial charge in [-0.05, 0) is 43.6 Å². The van der Waals surface area contributed by atoms with Gasteiger partial charge in [-0.15, -0.1) is 0 Å². The lowest BCUT2D eigenvalue weighted by atomic mass is 9.70. The summed E-state index contributed by atoms with van der Waals surface area (Å²) in [5.74, 6) is -0.821. The molecule has 0 radical (unpaired) electrons. The number of hydrogen-bond donors (Lipinski definition) is 3. The van der Waals surface area contributed by atoms with Crippen LogP contribution in [-0.4, -0.2) is 48.2 Å². The number of aliphatic carboxylic acids is 1. The molecule has 1 saturated heterocycles. The van der Waals surface area contributed by atoms with Gasteiger partial charge in [0.2, 0.25) is 0 Å². The second-order valence-corrected chi connectivity index (χ2v) is 8.83. The third-order valence-electron chi connectivity index (χ3n) is 5.93. The summed E-state index contributed by atoms with van der Waals surface area (Å²) in [4.78, 5) is 22.0. The second-order valence-electron chi connectivity index (χ2n) is 7.38. The predicted molar refractivity (Wildman–Crippen MR) is 83.6 cm³/mol. The molecule has 3 atom stereocenters. The maximum absolute atomic E-state index is 11.9. The molecule has 0 aromatic carbocycles. The zero-order chi connectivity index (χ0) is 17.5. The molecule has 7 nitrogen and oxygen atoms in total. The Balaban J connectivity index is 0.000000203. The van der Waals surface area contributed by atoms with Gasteiger partial charge in [-0.2, -0.15) is 8.42 Å². The number of Topliss-reactive ketones (excluding diaryl/α,β-unsaturated/α-hetero) is 1. The van der Waals surface area contributed by atoms with Crippen LogP contribution in [0.1, 0.15) is 46.0 Å². The molecule has 2 saturated carbocycles. The molecule has 0 aromatic rings. The molecule has 3 aliphatic rings. The molecule has 0 amide bonds.